The normalized spacial score (nSPS) is 15.6. The number of hydrogen-bond acceptors (Lipinski definition) is 1. The molecule has 1 aromatic rings. The highest BCUT2D eigenvalue weighted by Crippen LogP contribution is 2.25. The molecule has 0 amide bonds. The van der Waals surface area contributed by atoms with E-state index in [0.717, 1.165) is 10.6 Å². The maximum Gasteiger partial charge on any atom is 0.0683 e. The van der Waals surface area contributed by atoms with Gasteiger partial charge in [-0.2, -0.15) is 0 Å². The lowest BCUT2D eigenvalue weighted by Gasteiger charge is -2.28. The summed E-state index contributed by atoms with van der Waals surface area (Å²) in [7, 11) is 0. The smallest absolute Gasteiger partial charge is 0.0683 e. The monoisotopic (exact) mass is 212 g/mol. The van der Waals surface area contributed by atoms with Crippen molar-refractivity contribution in [1.29, 1.82) is 0 Å². The molecule has 14 heavy (non-hydrogen) atoms. The first-order valence-electron chi connectivity index (χ1n) is 4.89. The molecule has 0 fully saturated rings. The number of benzene rings is 1. The van der Waals surface area contributed by atoms with Crippen LogP contribution in [0, 0.1) is 5.92 Å². The zero-order valence-electron chi connectivity index (χ0n) is 8.92. The van der Waals surface area contributed by atoms with Crippen LogP contribution in [-0.4, -0.2) is 10.7 Å². The van der Waals surface area contributed by atoms with Gasteiger partial charge in [0.2, 0.25) is 0 Å². The third-order valence-corrected chi connectivity index (χ3v) is 3.12. The number of hydrogen-bond donors (Lipinski definition) is 1. The highest BCUT2D eigenvalue weighted by Gasteiger charge is 2.25. The first-order chi connectivity index (χ1) is 6.43. The van der Waals surface area contributed by atoms with Gasteiger partial charge in [0, 0.05) is 11.4 Å². The van der Waals surface area contributed by atoms with E-state index in [2.05, 4.69) is 0 Å². The molecule has 0 aliphatic rings. The van der Waals surface area contributed by atoms with E-state index >= 15 is 0 Å². The van der Waals surface area contributed by atoms with Crippen molar-refractivity contribution in [3.63, 3.8) is 0 Å². The first kappa shape index (κ1) is 11.5. The Bertz CT molecular complexity index is 305. The number of aliphatic hydroxyl groups is 1. The lowest BCUT2D eigenvalue weighted by Crippen LogP contribution is -2.33. The molecule has 0 spiro atoms. The second-order valence-electron chi connectivity index (χ2n) is 4.28. The predicted octanol–water partition coefficient (Wildman–Crippen LogP) is 3.29. The summed E-state index contributed by atoms with van der Waals surface area (Å²) >= 11 is 6.02. The zero-order chi connectivity index (χ0) is 10.8. The van der Waals surface area contributed by atoms with Gasteiger partial charge in [0.05, 0.1) is 5.60 Å². The molecule has 1 atom stereocenters. The molecule has 0 radical (unpaired) electrons. The lowest BCUT2D eigenvalue weighted by atomic mass is 9.86. The van der Waals surface area contributed by atoms with Gasteiger partial charge in [-0.25, -0.2) is 0 Å². The van der Waals surface area contributed by atoms with Gasteiger partial charge >= 0.3 is 0 Å². The van der Waals surface area contributed by atoms with E-state index in [1.54, 1.807) is 0 Å². The average molecular weight is 213 g/mol. The summed E-state index contributed by atoms with van der Waals surface area (Å²) in [5.74, 6) is 0.221. The van der Waals surface area contributed by atoms with Gasteiger partial charge in [0.25, 0.3) is 0 Å². The van der Waals surface area contributed by atoms with Crippen LogP contribution in [0.5, 0.6) is 0 Å². The number of rotatable bonds is 3. The van der Waals surface area contributed by atoms with E-state index in [9.17, 15) is 5.11 Å². The Hall–Kier alpha value is -0.530. The summed E-state index contributed by atoms with van der Waals surface area (Å²) in [5, 5.41) is 10.8. The molecule has 1 nitrogen and oxygen atoms in total. The average Bonchev–Trinajstić information content (AvgIpc) is 2.08. The van der Waals surface area contributed by atoms with Crippen LogP contribution in [0.15, 0.2) is 24.3 Å². The van der Waals surface area contributed by atoms with Gasteiger partial charge in [-0.15, -0.1) is 0 Å². The van der Waals surface area contributed by atoms with Crippen LogP contribution in [-0.2, 0) is 6.42 Å². The van der Waals surface area contributed by atoms with E-state index in [4.69, 9.17) is 11.6 Å². The summed E-state index contributed by atoms with van der Waals surface area (Å²) in [6.07, 6.45) is 0.602. The molecule has 0 heterocycles. The molecule has 1 N–H and O–H groups in total. The highest BCUT2D eigenvalue weighted by molar-refractivity contribution is 6.31. The Balaban J connectivity index is 2.84. The van der Waals surface area contributed by atoms with Crippen LogP contribution >= 0.6 is 11.6 Å². The van der Waals surface area contributed by atoms with Gasteiger partial charge < -0.3 is 5.11 Å². The van der Waals surface area contributed by atoms with E-state index in [1.165, 1.54) is 0 Å². The summed E-state index contributed by atoms with van der Waals surface area (Å²) < 4.78 is 0. The number of halogens is 1. The predicted molar refractivity (Wildman–Crippen MR) is 60.6 cm³/mol. The Morgan fingerprint density at radius 3 is 2.43 bits per heavy atom. The molecular weight excluding hydrogens is 196 g/mol. The van der Waals surface area contributed by atoms with Crippen molar-refractivity contribution < 1.29 is 5.11 Å². The molecule has 1 rings (SSSR count). The minimum absolute atomic E-state index is 0.221. The second-order valence-corrected chi connectivity index (χ2v) is 4.69. The van der Waals surface area contributed by atoms with Crippen LogP contribution in [0.4, 0.5) is 0 Å². The van der Waals surface area contributed by atoms with E-state index in [0.29, 0.717) is 6.42 Å². The molecule has 0 bridgehead atoms. The minimum atomic E-state index is -0.689. The maximum absolute atomic E-state index is 10.1. The fraction of sp³-hybridized carbons (Fsp3) is 0.500. The summed E-state index contributed by atoms with van der Waals surface area (Å²) in [6.45, 7) is 5.87. The fourth-order valence-corrected chi connectivity index (χ4v) is 1.43. The van der Waals surface area contributed by atoms with E-state index < -0.39 is 5.60 Å². The van der Waals surface area contributed by atoms with Crippen LogP contribution < -0.4 is 0 Å². The van der Waals surface area contributed by atoms with Crippen molar-refractivity contribution >= 4 is 11.6 Å². The molecular formula is C12H17ClO. The third-order valence-electron chi connectivity index (χ3n) is 2.75. The lowest BCUT2D eigenvalue weighted by molar-refractivity contribution is 0.0140. The van der Waals surface area contributed by atoms with Crippen molar-refractivity contribution in [2.75, 3.05) is 0 Å². The van der Waals surface area contributed by atoms with Gasteiger partial charge in [-0.1, -0.05) is 43.6 Å². The van der Waals surface area contributed by atoms with Crippen LogP contribution in [0.3, 0.4) is 0 Å². The quantitative estimate of drug-likeness (QED) is 0.816. The van der Waals surface area contributed by atoms with Gasteiger partial charge in [-0.3, -0.25) is 0 Å². The largest absolute Gasteiger partial charge is 0.390 e. The summed E-state index contributed by atoms with van der Waals surface area (Å²) in [4.78, 5) is 0. The molecule has 0 aliphatic heterocycles. The van der Waals surface area contributed by atoms with Gasteiger partial charge in [0.1, 0.15) is 0 Å². The molecule has 1 unspecified atom stereocenters. The van der Waals surface area contributed by atoms with Crippen molar-refractivity contribution in [3.8, 4) is 0 Å². The summed E-state index contributed by atoms with van der Waals surface area (Å²) in [6, 6.07) is 7.65. The molecule has 1 aromatic carbocycles. The molecule has 78 valence electrons. The highest BCUT2D eigenvalue weighted by atomic mass is 35.5. The molecule has 0 saturated carbocycles. The van der Waals surface area contributed by atoms with Crippen molar-refractivity contribution in [2.45, 2.75) is 32.8 Å². The first-order valence-corrected chi connectivity index (χ1v) is 5.27. The van der Waals surface area contributed by atoms with Crippen LogP contribution in [0.2, 0.25) is 5.02 Å². The van der Waals surface area contributed by atoms with Crippen molar-refractivity contribution in [1.82, 2.24) is 0 Å². The second kappa shape index (κ2) is 4.33. The minimum Gasteiger partial charge on any atom is -0.390 e. The Morgan fingerprint density at radius 1 is 1.36 bits per heavy atom. The summed E-state index contributed by atoms with van der Waals surface area (Å²) in [5.41, 5.74) is 0.318. The molecule has 2 heteroatoms. The molecule has 0 aliphatic carbocycles. The standard InChI is InChI=1S/C12H17ClO/c1-9(2)12(3,14)8-10-6-4-5-7-11(10)13/h4-7,9,14H,8H2,1-3H3. The van der Waals surface area contributed by atoms with E-state index in [1.807, 2.05) is 45.0 Å². The van der Waals surface area contributed by atoms with Gasteiger partial charge in [0.15, 0.2) is 0 Å². The molecule has 0 saturated heterocycles. The SMILES string of the molecule is CC(C)C(C)(O)Cc1ccccc1Cl. The Kier molecular flexibility index (Phi) is 3.57. The molecule has 0 aromatic heterocycles. The Morgan fingerprint density at radius 2 is 1.93 bits per heavy atom. The van der Waals surface area contributed by atoms with Gasteiger partial charge in [-0.05, 0) is 24.5 Å². The maximum atomic E-state index is 10.1. The van der Waals surface area contributed by atoms with E-state index in [-0.39, 0.29) is 5.92 Å². The van der Waals surface area contributed by atoms with Crippen LogP contribution in [0.25, 0.3) is 0 Å². The Labute approximate surface area is 90.7 Å². The fourth-order valence-electron chi connectivity index (χ4n) is 1.23. The topological polar surface area (TPSA) is 20.2 Å². The van der Waals surface area contributed by atoms with Crippen molar-refractivity contribution in [2.24, 2.45) is 5.92 Å². The third kappa shape index (κ3) is 2.73. The zero-order valence-corrected chi connectivity index (χ0v) is 9.67. The van der Waals surface area contributed by atoms with Crippen LogP contribution in [0.1, 0.15) is 26.3 Å². The van der Waals surface area contributed by atoms with Crippen molar-refractivity contribution in [3.05, 3.63) is 34.9 Å².